The third-order valence-corrected chi connectivity index (χ3v) is 9.78. The van der Waals surface area contributed by atoms with Gasteiger partial charge in [-0.1, -0.05) is 45.0 Å². The van der Waals surface area contributed by atoms with Gasteiger partial charge in [0.2, 0.25) is 5.91 Å². The molecule has 1 aromatic heterocycles. The number of aromatic hydroxyl groups is 1. The maximum Gasteiger partial charge on any atom is 0.235 e. The highest BCUT2D eigenvalue weighted by Gasteiger charge is 2.69. The molecular weight excluding hydrogens is 562 g/mol. The number of Topliss-reactive ketones (excluding diaryl/α,β-unsaturated/α-hetero) is 4. The van der Waals surface area contributed by atoms with Crippen LogP contribution in [0.25, 0.3) is 22.0 Å². The summed E-state index contributed by atoms with van der Waals surface area (Å²) in [6.07, 6.45) is 1.89. The molecule has 6 rings (SSSR count). The van der Waals surface area contributed by atoms with Crippen LogP contribution in [-0.4, -0.2) is 74.9 Å². The number of phenolic OH excluding ortho intramolecular Hbond substituents is 1. The largest absolute Gasteiger partial charge is 0.507 e. The number of fused-ring (bicyclic) bond motifs is 4. The lowest BCUT2D eigenvalue weighted by Gasteiger charge is -2.52. The van der Waals surface area contributed by atoms with Crippen LogP contribution in [0.5, 0.6) is 5.75 Å². The van der Waals surface area contributed by atoms with E-state index < -0.39 is 69.8 Å². The van der Waals surface area contributed by atoms with Crippen LogP contribution in [0, 0.1) is 23.7 Å². The fourth-order valence-corrected chi connectivity index (χ4v) is 7.70. The maximum atomic E-state index is 14.4. The van der Waals surface area contributed by atoms with Gasteiger partial charge in [-0.25, -0.2) is 0 Å². The predicted molar refractivity (Wildman–Crippen MR) is 161 cm³/mol. The summed E-state index contributed by atoms with van der Waals surface area (Å²) in [5.74, 6) is -10.7. The molecule has 0 saturated heterocycles. The van der Waals surface area contributed by atoms with Gasteiger partial charge in [0.05, 0.1) is 23.2 Å². The van der Waals surface area contributed by atoms with Gasteiger partial charge >= 0.3 is 0 Å². The van der Waals surface area contributed by atoms with Crippen molar-refractivity contribution in [3.8, 4) is 17.0 Å². The Hall–Kier alpha value is -4.28. The van der Waals surface area contributed by atoms with Gasteiger partial charge < -0.3 is 15.9 Å². The Balaban J connectivity index is 1.56. The van der Waals surface area contributed by atoms with E-state index in [9.17, 15) is 34.2 Å². The van der Waals surface area contributed by atoms with E-state index in [4.69, 9.17) is 10.7 Å². The number of carbonyl (C=O) groups excluding carboxylic acids is 5. The summed E-state index contributed by atoms with van der Waals surface area (Å²) in [5.41, 5.74) is 4.25. The first-order valence-corrected chi connectivity index (χ1v) is 14.7. The van der Waals surface area contributed by atoms with E-state index in [2.05, 4.69) is 0 Å². The summed E-state index contributed by atoms with van der Waals surface area (Å²) in [4.78, 5) is 73.9. The van der Waals surface area contributed by atoms with Gasteiger partial charge in [0.1, 0.15) is 5.75 Å². The smallest absolute Gasteiger partial charge is 0.235 e. The van der Waals surface area contributed by atoms with Crippen molar-refractivity contribution in [2.45, 2.75) is 50.7 Å². The van der Waals surface area contributed by atoms with E-state index in [0.717, 1.165) is 10.8 Å². The van der Waals surface area contributed by atoms with E-state index in [1.807, 2.05) is 57.2 Å². The van der Waals surface area contributed by atoms with Crippen molar-refractivity contribution in [2.24, 2.45) is 29.4 Å². The number of nitrogens with zero attached hydrogens (tertiary/aromatic N) is 2. The first kappa shape index (κ1) is 29.8. The maximum absolute atomic E-state index is 14.4. The van der Waals surface area contributed by atoms with E-state index in [1.54, 1.807) is 20.3 Å². The Labute approximate surface area is 254 Å². The highest BCUT2D eigenvalue weighted by Crippen LogP contribution is 2.53. The molecule has 3 unspecified atom stereocenters. The molecule has 0 bridgehead atoms. The van der Waals surface area contributed by atoms with Crippen molar-refractivity contribution >= 4 is 39.8 Å². The Morgan fingerprint density at radius 1 is 1.05 bits per heavy atom. The summed E-state index contributed by atoms with van der Waals surface area (Å²) in [7, 11) is 3.12. The van der Waals surface area contributed by atoms with E-state index in [-0.39, 0.29) is 24.2 Å². The molecule has 0 radical (unpaired) electrons. The summed E-state index contributed by atoms with van der Waals surface area (Å²) in [6, 6.07) is 10.3. The van der Waals surface area contributed by atoms with Crippen LogP contribution in [-0.2, 0) is 31.0 Å². The minimum Gasteiger partial charge on any atom is -0.507 e. The number of amides is 1. The van der Waals surface area contributed by atoms with E-state index in [1.165, 1.54) is 4.90 Å². The minimum atomic E-state index is -2.77. The van der Waals surface area contributed by atoms with Crippen LogP contribution < -0.4 is 5.73 Å². The predicted octanol–water partition coefficient (Wildman–Crippen LogP) is 2.38. The molecule has 2 aromatic carbocycles. The molecule has 2 saturated carbocycles. The van der Waals surface area contributed by atoms with Gasteiger partial charge in [-0.15, -0.1) is 0 Å². The second-order valence-corrected chi connectivity index (χ2v) is 13.6. The van der Waals surface area contributed by atoms with Crippen molar-refractivity contribution in [3.05, 3.63) is 59.3 Å². The van der Waals surface area contributed by atoms with Crippen LogP contribution in [0.3, 0.4) is 0 Å². The van der Waals surface area contributed by atoms with Gasteiger partial charge in [0.25, 0.3) is 0 Å². The molecule has 2 fully saturated rings. The molecule has 3 aliphatic rings. The van der Waals surface area contributed by atoms with Gasteiger partial charge in [-0.2, -0.15) is 0 Å². The molecule has 10 heteroatoms. The number of nitrogens with two attached hydrogens (primary N) is 1. The van der Waals surface area contributed by atoms with Crippen molar-refractivity contribution in [3.63, 3.8) is 0 Å². The highest BCUT2D eigenvalue weighted by molar-refractivity contribution is 6.32. The standard InChI is InChI=1S/C34H35N3O7/c1-33(2,3)21-13-18(22-12-15-8-6-7-9-16(15)14-36-22)19-10-17-11-20-26(37(4)5)29(40)25(32(35)43)31(42)34(20,44)30(41)23(17)28(39)24(19)27(21)38/h6-9,12-14,17,20,23,25-26,38,44H,10-11H2,1-5H3,(H2,35,43)/t17-,20-,23?,25?,26?,34-/m0/s1. The second-order valence-electron chi connectivity index (χ2n) is 13.6. The number of primary amides is 1. The van der Waals surface area contributed by atoms with Crippen LogP contribution in [0.15, 0.2) is 42.6 Å². The molecule has 0 aliphatic heterocycles. The molecule has 1 amide bonds. The van der Waals surface area contributed by atoms with Crippen molar-refractivity contribution < 1.29 is 34.2 Å². The van der Waals surface area contributed by atoms with Crippen molar-refractivity contribution in [2.75, 3.05) is 14.1 Å². The molecular formula is C34H35N3O7. The molecule has 4 N–H and O–H groups in total. The third-order valence-electron chi connectivity index (χ3n) is 9.78. The fraction of sp³-hybridized carbons (Fsp3) is 0.412. The number of ketones is 4. The van der Waals surface area contributed by atoms with Crippen molar-refractivity contribution in [1.29, 1.82) is 0 Å². The van der Waals surface area contributed by atoms with Crippen LogP contribution in [0.1, 0.15) is 48.7 Å². The Morgan fingerprint density at radius 2 is 1.70 bits per heavy atom. The fourth-order valence-electron chi connectivity index (χ4n) is 7.70. The topological polar surface area (TPSA) is 168 Å². The lowest BCUT2D eigenvalue weighted by molar-refractivity contribution is -0.181. The average Bonchev–Trinajstić information content (AvgIpc) is 2.94. The van der Waals surface area contributed by atoms with E-state index >= 15 is 0 Å². The first-order chi connectivity index (χ1) is 20.6. The molecule has 3 aromatic rings. The quantitative estimate of drug-likeness (QED) is 0.384. The SMILES string of the molecule is CN(C)C1C(=O)C(C(N)=O)C(=O)[C@@]2(O)C(=O)C3C(=O)c4c(O)c(C(C)(C)C)cc(-c5cc6ccccc6cn5)c4C[C@H]3C[C@@H]12. The zero-order chi connectivity index (χ0) is 32.0. The molecule has 228 valence electrons. The number of hydrogen-bond donors (Lipinski definition) is 3. The van der Waals surface area contributed by atoms with Crippen LogP contribution >= 0.6 is 0 Å². The zero-order valence-corrected chi connectivity index (χ0v) is 25.2. The van der Waals surface area contributed by atoms with E-state index in [0.29, 0.717) is 22.4 Å². The second kappa shape index (κ2) is 9.87. The average molecular weight is 598 g/mol. The molecule has 44 heavy (non-hydrogen) atoms. The lowest BCUT2D eigenvalue weighted by Crippen LogP contribution is -2.74. The lowest BCUT2D eigenvalue weighted by atomic mass is 9.52. The summed E-state index contributed by atoms with van der Waals surface area (Å²) >= 11 is 0. The van der Waals surface area contributed by atoms with Gasteiger partial charge in [-0.3, -0.25) is 33.9 Å². The van der Waals surface area contributed by atoms with Gasteiger partial charge in [-0.05, 0) is 61.4 Å². The third kappa shape index (κ3) is 4.07. The number of aromatic nitrogens is 1. The van der Waals surface area contributed by atoms with Crippen molar-refractivity contribution in [1.82, 2.24) is 9.88 Å². The Bertz CT molecular complexity index is 1810. The zero-order valence-electron chi connectivity index (χ0n) is 25.2. The first-order valence-electron chi connectivity index (χ1n) is 14.7. The number of phenols is 1. The Kier molecular flexibility index (Phi) is 6.68. The number of rotatable bonds is 3. The number of benzene rings is 2. The minimum absolute atomic E-state index is 0.0176. The van der Waals surface area contributed by atoms with Crippen LogP contribution in [0.2, 0.25) is 0 Å². The monoisotopic (exact) mass is 597 g/mol. The normalized spacial score (nSPS) is 28.6. The number of carbonyl (C=O) groups is 5. The number of hydrogen-bond acceptors (Lipinski definition) is 9. The Morgan fingerprint density at radius 3 is 2.32 bits per heavy atom. The molecule has 0 spiro atoms. The summed E-state index contributed by atoms with van der Waals surface area (Å²) in [5, 5.41) is 25.3. The number of aliphatic hydroxyl groups is 1. The molecule has 1 heterocycles. The summed E-state index contributed by atoms with van der Waals surface area (Å²) in [6.45, 7) is 5.68. The summed E-state index contributed by atoms with van der Waals surface area (Å²) < 4.78 is 0. The van der Waals surface area contributed by atoms with Gasteiger partial charge in [0.15, 0.2) is 34.7 Å². The number of pyridine rings is 1. The molecule has 6 atom stereocenters. The van der Waals surface area contributed by atoms with Gasteiger partial charge in [0, 0.05) is 28.6 Å². The van der Waals surface area contributed by atoms with Crippen LogP contribution in [0.4, 0.5) is 0 Å². The number of likely N-dealkylation sites (N-methyl/N-ethyl adjacent to an activating group) is 1. The molecule has 3 aliphatic carbocycles. The highest BCUT2D eigenvalue weighted by atomic mass is 16.3. The molecule has 10 nitrogen and oxygen atoms in total.